The Morgan fingerprint density at radius 1 is 0.810 bits per heavy atom. The molecule has 3 rings (SSSR count). The van der Waals surface area contributed by atoms with Crippen molar-refractivity contribution in [2.24, 2.45) is 0 Å². The van der Waals surface area contributed by atoms with Crippen molar-refractivity contribution < 1.29 is 0 Å². The maximum absolute atomic E-state index is 3.98. The molecule has 0 bridgehead atoms. The fourth-order valence-electron chi connectivity index (χ4n) is 2.20. The van der Waals surface area contributed by atoms with Gasteiger partial charge < -0.3 is 0 Å². The summed E-state index contributed by atoms with van der Waals surface area (Å²) in [7, 11) is 0. The van der Waals surface area contributed by atoms with Gasteiger partial charge in [0.25, 0.3) is 0 Å². The Hall–Kier alpha value is -2.92. The molecule has 1 heterocycles. The molecule has 100 valence electrons. The lowest BCUT2D eigenvalue weighted by Crippen LogP contribution is -1.89. The van der Waals surface area contributed by atoms with E-state index >= 15 is 0 Å². The van der Waals surface area contributed by atoms with Gasteiger partial charge in [-0.2, -0.15) is 5.10 Å². The third-order valence-corrected chi connectivity index (χ3v) is 3.32. The molecule has 0 aliphatic heterocycles. The van der Waals surface area contributed by atoms with Crippen LogP contribution in [0.1, 0.15) is 16.8 Å². The quantitative estimate of drug-likeness (QED) is 0.628. The van der Waals surface area contributed by atoms with Crippen LogP contribution in [-0.4, -0.2) is 10.2 Å². The Balaban J connectivity index is 2.01. The molecule has 0 radical (unpaired) electrons. The van der Waals surface area contributed by atoms with Crippen LogP contribution in [0, 0.1) is 18.8 Å². The number of hydrogen-bond donors (Lipinski definition) is 0. The lowest BCUT2D eigenvalue weighted by Gasteiger charge is -2.07. The van der Waals surface area contributed by atoms with E-state index in [0.717, 1.165) is 5.56 Å². The zero-order chi connectivity index (χ0) is 14.5. The highest BCUT2D eigenvalue weighted by Gasteiger charge is 2.03. The molecule has 2 nitrogen and oxygen atoms in total. The Bertz CT molecular complexity index is 797. The molecule has 0 aliphatic rings. The Morgan fingerprint density at radius 2 is 1.67 bits per heavy atom. The summed E-state index contributed by atoms with van der Waals surface area (Å²) in [6.45, 7) is 2.10. The van der Waals surface area contributed by atoms with Crippen LogP contribution in [0.4, 0.5) is 0 Å². The highest BCUT2D eigenvalue weighted by atomic mass is 15.1. The molecule has 2 aromatic carbocycles. The first-order valence-electron chi connectivity index (χ1n) is 6.79. The summed E-state index contributed by atoms with van der Waals surface area (Å²) in [6.07, 6.45) is 1.65. The molecular weight excluding hydrogens is 256 g/mol. The van der Waals surface area contributed by atoms with Gasteiger partial charge in [0.1, 0.15) is 5.69 Å². The summed E-state index contributed by atoms with van der Waals surface area (Å²) >= 11 is 0. The van der Waals surface area contributed by atoms with Crippen LogP contribution < -0.4 is 0 Å². The van der Waals surface area contributed by atoms with Crippen molar-refractivity contribution >= 4 is 0 Å². The first-order valence-corrected chi connectivity index (χ1v) is 6.79. The second-order valence-corrected chi connectivity index (χ2v) is 4.70. The monoisotopic (exact) mass is 270 g/mol. The lowest BCUT2D eigenvalue weighted by molar-refractivity contribution is 1.01. The summed E-state index contributed by atoms with van der Waals surface area (Å²) in [6, 6.07) is 20.2. The topological polar surface area (TPSA) is 25.8 Å². The first-order chi connectivity index (χ1) is 10.3. The van der Waals surface area contributed by atoms with E-state index < -0.39 is 0 Å². The second kappa shape index (κ2) is 6.02. The summed E-state index contributed by atoms with van der Waals surface area (Å²) in [5.41, 5.74) is 5.30. The molecule has 0 unspecified atom stereocenters. The fraction of sp³-hybridized carbons (Fsp3) is 0.0526. The Morgan fingerprint density at radius 3 is 2.43 bits per heavy atom. The van der Waals surface area contributed by atoms with Gasteiger partial charge in [-0.1, -0.05) is 48.4 Å². The van der Waals surface area contributed by atoms with E-state index in [9.17, 15) is 0 Å². The minimum absolute atomic E-state index is 0.682. The first kappa shape index (κ1) is 13.1. The Kier molecular flexibility index (Phi) is 3.75. The molecule has 0 atom stereocenters. The van der Waals surface area contributed by atoms with Gasteiger partial charge in [0.2, 0.25) is 0 Å². The zero-order valence-corrected chi connectivity index (χ0v) is 11.7. The maximum atomic E-state index is 3.98. The van der Waals surface area contributed by atoms with Crippen LogP contribution in [0.15, 0.2) is 66.9 Å². The molecule has 21 heavy (non-hydrogen) atoms. The molecule has 0 saturated carbocycles. The van der Waals surface area contributed by atoms with Crippen molar-refractivity contribution in [3.8, 4) is 23.0 Å². The Labute approximate surface area is 124 Å². The van der Waals surface area contributed by atoms with E-state index in [1.54, 1.807) is 6.20 Å². The minimum atomic E-state index is 0.682. The summed E-state index contributed by atoms with van der Waals surface area (Å²) in [5.74, 6) is 6.24. The predicted molar refractivity (Wildman–Crippen MR) is 84.6 cm³/mol. The molecule has 1 aromatic heterocycles. The van der Waals surface area contributed by atoms with Crippen molar-refractivity contribution in [2.45, 2.75) is 6.92 Å². The fourth-order valence-corrected chi connectivity index (χ4v) is 2.20. The van der Waals surface area contributed by atoms with Crippen LogP contribution in [0.2, 0.25) is 0 Å². The van der Waals surface area contributed by atoms with Crippen molar-refractivity contribution in [3.63, 3.8) is 0 Å². The number of benzene rings is 2. The van der Waals surface area contributed by atoms with Crippen LogP contribution >= 0.6 is 0 Å². The van der Waals surface area contributed by atoms with Crippen LogP contribution in [0.3, 0.4) is 0 Å². The number of nitrogens with zero attached hydrogens (tertiary/aromatic N) is 2. The average molecular weight is 270 g/mol. The minimum Gasteiger partial charge on any atom is -0.158 e. The van der Waals surface area contributed by atoms with Crippen molar-refractivity contribution in [3.05, 3.63) is 83.7 Å². The largest absolute Gasteiger partial charge is 0.158 e. The third-order valence-electron chi connectivity index (χ3n) is 3.32. The SMILES string of the molecule is Cc1c(C#Cc2cccnn2)cccc1-c1ccccc1. The van der Waals surface area contributed by atoms with E-state index in [1.807, 2.05) is 42.5 Å². The number of rotatable bonds is 1. The standard InChI is InChI=1S/C19H14N2/c1-15-16(12-13-18-10-6-14-20-21-18)9-5-11-19(15)17-7-3-2-4-8-17/h2-11,14H,1H3. The summed E-state index contributed by atoms with van der Waals surface area (Å²) < 4.78 is 0. The average Bonchev–Trinajstić information content (AvgIpc) is 2.56. The zero-order valence-electron chi connectivity index (χ0n) is 11.7. The van der Waals surface area contributed by atoms with Gasteiger partial charge in [0.15, 0.2) is 0 Å². The third kappa shape index (κ3) is 2.98. The number of hydrogen-bond acceptors (Lipinski definition) is 2. The second-order valence-electron chi connectivity index (χ2n) is 4.70. The molecule has 0 saturated heterocycles. The normalized spacial score (nSPS) is 9.76. The molecule has 0 fully saturated rings. The number of aromatic nitrogens is 2. The van der Waals surface area contributed by atoms with Gasteiger partial charge in [-0.25, -0.2) is 0 Å². The van der Waals surface area contributed by atoms with E-state index in [1.165, 1.54) is 16.7 Å². The van der Waals surface area contributed by atoms with E-state index in [-0.39, 0.29) is 0 Å². The van der Waals surface area contributed by atoms with Gasteiger partial charge in [0, 0.05) is 11.8 Å². The van der Waals surface area contributed by atoms with Crippen molar-refractivity contribution in [1.82, 2.24) is 10.2 Å². The molecule has 0 amide bonds. The van der Waals surface area contributed by atoms with E-state index in [4.69, 9.17) is 0 Å². The van der Waals surface area contributed by atoms with E-state index in [0.29, 0.717) is 5.69 Å². The molecule has 0 N–H and O–H groups in total. The van der Waals surface area contributed by atoms with Crippen molar-refractivity contribution in [2.75, 3.05) is 0 Å². The molecular formula is C19H14N2. The molecule has 3 aromatic rings. The van der Waals surface area contributed by atoms with Gasteiger partial charge in [-0.15, -0.1) is 5.10 Å². The lowest BCUT2D eigenvalue weighted by atomic mass is 9.97. The van der Waals surface area contributed by atoms with E-state index in [2.05, 4.69) is 47.2 Å². The van der Waals surface area contributed by atoms with Crippen molar-refractivity contribution in [1.29, 1.82) is 0 Å². The molecule has 0 aliphatic carbocycles. The van der Waals surface area contributed by atoms with Gasteiger partial charge in [0.05, 0.1) is 0 Å². The highest BCUT2D eigenvalue weighted by Crippen LogP contribution is 2.25. The molecule has 2 heteroatoms. The summed E-state index contributed by atoms with van der Waals surface area (Å²) in [5, 5.41) is 7.81. The van der Waals surface area contributed by atoms with Gasteiger partial charge in [-0.05, 0) is 47.7 Å². The molecule has 0 spiro atoms. The van der Waals surface area contributed by atoms with Crippen LogP contribution in [0.25, 0.3) is 11.1 Å². The van der Waals surface area contributed by atoms with Gasteiger partial charge >= 0.3 is 0 Å². The van der Waals surface area contributed by atoms with Gasteiger partial charge in [-0.3, -0.25) is 0 Å². The van der Waals surface area contributed by atoms with Crippen LogP contribution in [0.5, 0.6) is 0 Å². The van der Waals surface area contributed by atoms with Crippen LogP contribution in [-0.2, 0) is 0 Å². The highest BCUT2D eigenvalue weighted by molar-refractivity contribution is 5.70. The maximum Gasteiger partial charge on any atom is 0.136 e. The summed E-state index contributed by atoms with van der Waals surface area (Å²) in [4.78, 5) is 0. The predicted octanol–water partition coefficient (Wildman–Crippen LogP) is 3.85. The smallest absolute Gasteiger partial charge is 0.136 e.